The van der Waals surface area contributed by atoms with Gasteiger partial charge in [-0.15, -0.1) is 21.5 Å². The zero-order valence-corrected chi connectivity index (χ0v) is 17.6. The Balaban J connectivity index is 1.43. The largest absolute Gasteiger partial charge is 0.301 e. The Hall–Kier alpha value is -3.08. The lowest BCUT2D eigenvalue weighted by Crippen LogP contribution is -2.31. The van der Waals surface area contributed by atoms with Crippen LogP contribution in [0, 0.1) is 0 Å². The SMILES string of the molecule is CN1Cc2cc(-c3cc4ccccc4nn3)ccc2C(c2ccc3ccsc3c2)C1. The highest BCUT2D eigenvalue weighted by atomic mass is 32.1. The number of hydrogen-bond acceptors (Lipinski definition) is 4. The zero-order valence-electron chi connectivity index (χ0n) is 16.7. The Kier molecular flexibility index (Phi) is 4.15. The van der Waals surface area contributed by atoms with Gasteiger partial charge in [0.15, 0.2) is 0 Å². The lowest BCUT2D eigenvalue weighted by atomic mass is 9.83. The number of nitrogens with zero attached hydrogens (tertiary/aromatic N) is 3. The maximum Gasteiger partial charge on any atom is 0.0936 e. The van der Waals surface area contributed by atoms with Gasteiger partial charge in [-0.25, -0.2) is 0 Å². The van der Waals surface area contributed by atoms with Gasteiger partial charge in [0.05, 0.1) is 11.2 Å². The molecule has 6 rings (SSSR count). The van der Waals surface area contributed by atoms with Crippen LogP contribution in [-0.2, 0) is 6.54 Å². The van der Waals surface area contributed by atoms with Crippen molar-refractivity contribution in [1.82, 2.24) is 15.1 Å². The van der Waals surface area contributed by atoms with E-state index in [2.05, 4.69) is 82.1 Å². The van der Waals surface area contributed by atoms with Crippen LogP contribution in [0.4, 0.5) is 0 Å². The van der Waals surface area contributed by atoms with Gasteiger partial charge in [0, 0.05) is 34.7 Å². The van der Waals surface area contributed by atoms with E-state index in [0.29, 0.717) is 5.92 Å². The molecular weight excluding hydrogens is 386 g/mol. The lowest BCUT2D eigenvalue weighted by molar-refractivity contribution is 0.295. The molecule has 30 heavy (non-hydrogen) atoms. The fraction of sp³-hybridized carbons (Fsp3) is 0.154. The molecule has 1 aliphatic heterocycles. The van der Waals surface area contributed by atoms with Gasteiger partial charge in [0.1, 0.15) is 0 Å². The van der Waals surface area contributed by atoms with Crippen molar-refractivity contribution in [3.63, 3.8) is 0 Å². The summed E-state index contributed by atoms with van der Waals surface area (Å²) in [6.45, 7) is 2.00. The molecule has 0 aliphatic carbocycles. The molecule has 2 aromatic heterocycles. The van der Waals surface area contributed by atoms with Gasteiger partial charge < -0.3 is 4.90 Å². The Labute approximate surface area is 179 Å². The molecule has 0 radical (unpaired) electrons. The number of aromatic nitrogens is 2. The number of benzene rings is 3. The summed E-state index contributed by atoms with van der Waals surface area (Å²) in [7, 11) is 2.21. The van der Waals surface area contributed by atoms with E-state index >= 15 is 0 Å². The summed E-state index contributed by atoms with van der Waals surface area (Å²) in [6.07, 6.45) is 0. The van der Waals surface area contributed by atoms with Crippen molar-refractivity contribution in [3.05, 3.63) is 94.9 Å². The van der Waals surface area contributed by atoms with E-state index in [-0.39, 0.29) is 0 Å². The van der Waals surface area contributed by atoms with E-state index in [0.717, 1.165) is 35.2 Å². The Bertz CT molecular complexity index is 1390. The van der Waals surface area contributed by atoms with E-state index in [1.165, 1.54) is 26.8 Å². The molecule has 0 N–H and O–H groups in total. The highest BCUT2D eigenvalue weighted by Gasteiger charge is 2.25. The molecule has 5 aromatic rings. The molecule has 0 spiro atoms. The van der Waals surface area contributed by atoms with Crippen molar-refractivity contribution in [2.75, 3.05) is 13.6 Å². The van der Waals surface area contributed by atoms with Crippen LogP contribution in [0.15, 0.2) is 78.2 Å². The van der Waals surface area contributed by atoms with Gasteiger partial charge in [0.2, 0.25) is 0 Å². The van der Waals surface area contributed by atoms with Crippen LogP contribution in [0.2, 0.25) is 0 Å². The fourth-order valence-electron chi connectivity index (χ4n) is 4.61. The second-order valence-corrected chi connectivity index (χ2v) is 9.12. The number of hydrogen-bond donors (Lipinski definition) is 0. The Morgan fingerprint density at radius 3 is 2.80 bits per heavy atom. The van der Waals surface area contributed by atoms with Crippen LogP contribution in [-0.4, -0.2) is 28.7 Å². The minimum Gasteiger partial charge on any atom is -0.301 e. The van der Waals surface area contributed by atoms with Crippen LogP contribution in [0.1, 0.15) is 22.6 Å². The molecule has 3 heterocycles. The topological polar surface area (TPSA) is 29.0 Å². The van der Waals surface area contributed by atoms with Crippen molar-refractivity contribution < 1.29 is 0 Å². The first-order valence-electron chi connectivity index (χ1n) is 10.3. The predicted octanol–water partition coefficient (Wildman–Crippen LogP) is 6.09. The van der Waals surface area contributed by atoms with E-state index in [1.54, 1.807) is 0 Å². The summed E-state index contributed by atoms with van der Waals surface area (Å²) >= 11 is 1.82. The highest BCUT2D eigenvalue weighted by Crippen LogP contribution is 2.37. The highest BCUT2D eigenvalue weighted by molar-refractivity contribution is 7.17. The number of likely N-dealkylation sites (N-methyl/N-ethyl adjacent to an activating group) is 1. The van der Waals surface area contributed by atoms with Crippen molar-refractivity contribution in [3.8, 4) is 11.3 Å². The van der Waals surface area contributed by atoms with Gasteiger partial charge in [-0.3, -0.25) is 0 Å². The van der Waals surface area contributed by atoms with E-state index in [4.69, 9.17) is 0 Å². The zero-order chi connectivity index (χ0) is 20.1. The van der Waals surface area contributed by atoms with Crippen molar-refractivity contribution >= 4 is 32.3 Å². The lowest BCUT2D eigenvalue weighted by Gasteiger charge is -2.33. The summed E-state index contributed by atoms with van der Waals surface area (Å²) in [5, 5.41) is 13.5. The molecule has 0 bridgehead atoms. The molecule has 0 fully saturated rings. The third kappa shape index (κ3) is 3.00. The summed E-state index contributed by atoms with van der Waals surface area (Å²) in [5.74, 6) is 0.391. The number of rotatable bonds is 2. The normalized spacial score (nSPS) is 16.8. The molecule has 3 aromatic carbocycles. The van der Waals surface area contributed by atoms with E-state index in [9.17, 15) is 0 Å². The summed E-state index contributed by atoms with van der Waals surface area (Å²) in [4.78, 5) is 2.42. The predicted molar refractivity (Wildman–Crippen MR) is 125 cm³/mol. The average Bonchev–Trinajstić information content (AvgIpc) is 3.25. The third-order valence-corrected chi connectivity index (χ3v) is 7.01. The molecule has 0 amide bonds. The quantitative estimate of drug-likeness (QED) is 0.355. The van der Waals surface area contributed by atoms with E-state index in [1.807, 2.05) is 29.5 Å². The number of thiophene rings is 1. The van der Waals surface area contributed by atoms with Crippen molar-refractivity contribution in [2.45, 2.75) is 12.5 Å². The van der Waals surface area contributed by atoms with Crippen LogP contribution in [0.5, 0.6) is 0 Å². The molecule has 4 heteroatoms. The Morgan fingerprint density at radius 1 is 0.900 bits per heavy atom. The molecule has 0 saturated heterocycles. The Morgan fingerprint density at radius 2 is 1.83 bits per heavy atom. The van der Waals surface area contributed by atoms with Crippen LogP contribution >= 0.6 is 11.3 Å². The second-order valence-electron chi connectivity index (χ2n) is 8.17. The molecule has 1 atom stereocenters. The number of fused-ring (bicyclic) bond motifs is 3. The van der Waals surface area contributed by atoms with Crippen molar-refractivity contribution in [2.24, 2.45) is 0 Å². The summed E-state index contributed by atoms with van der Waals surface area (Å²) in [5.41, 5.74) is 7.21. The maximum absolute atomic E-state index is 4.49. The smallest absolute Gasteiger partial charge is 0.0936 e. The average molecular weight is 408 g/mol. The first-order valence-corrected chi connectivity index (χ1v) is 11.1. The van der Waals surface area contributed by atoms with Gasteiger partial charge in [-0.05, 0) is 64.8 Å². The minimum absolute atomic E-state index is 0.391. The second kappa shape index (κ2) is 7.01. The maximum atomic E-state index is 4.49. The fourth-order valence-corrected chi connectivity index (χ4v) is 5.44. The molecule has 3 nitrogen and oxygen atoms in total. The molecular formula is C26H21N3S. The minimum atomic E-state index is 0.391. The van der Waals surface area contributed by atoms with Crippen LogP contribution in [0.25, 0.3) is 32.2 Å². The standard InChI is InChI=1S/C26H21N3S/c1-29-15-21-12-20(25-13-19-4-2-3-5-24(19)27-28-25)8-9-22(21)23(16-29)18-7-6-17-10-11-30-26(17)14-18/h2-14,23H,15-16H2,1H3. The molecule has 146 valence electrons. The van der Waals surface area contributed by atoms with Gasteiger partial charge in [-0.2, -0.15) is 0 Å². The van der Waals surface area contributed by atoms with Gasteiger partial charge in [-0.1, -0.05) is 42.5 Å². The monoisotopic (exact) mass is 407 g/mol. The van der Waals surface area contributed by atoms with Crippen molar-refractivity contribution in [1.29, 1.82) is 0 Å². The van der Waals surface area contributed by atoms with E-state index < -0.39 is 0 Å². The van der Waals surface area contributed by atoms with Gasteiger partial charge >= 0.3 is 0 Å². The van der Waals surface area contributed by atoms with Gasteiger partial charge in [0.25, 0.3) is 0 Å². The van der Waals surface area contributed by atoms with Crippen LogP contribution < -0.4 is 0 Å². The summed E-state index contributed by atoms with van der Waals surface area (Å²) in [6, 6.07) is 26.2. The molecule has 0 saturated carbocycles. The molecule has 1 aliphatic rings. The van der Waals surface area contributed by atoms with Crippen LogP contribution in [0.3, 0.4) is 0 Å². The first kappa shape index (κ1) is 17.8. The third-order valence-electron chi connectivity index (χ3n) is 6.13. The summed E-state index contributed by atoms with van der Waals surface area (Å²) < 4.78 is 1.37. The first-order chi connectivity index (χ1) is 14.7. The molecule has 1 unspecified atom stereocenters.